The summed E-state index contributed by atoms with van der Waals surface area (Å²) in [4.78, 5) is 1.35. The van der Waals surface area contributed by atoms with Gasteiger partial charge in [0.25, 0.3) is 0 Å². The molecule has 2 N–H and O–H groups in total. The SMILES string of the molecule is CCNC(CC)C(C)(O)c1ccc2c(c1)SCC2. The maximum atomic E-state index is 10.8. The zero-order valence-electron chi connectivity index (χ0n) is 11.5. The third-order valence-corrected chi connectivity index (χ3v) is 4.92. The molecule has 18 heavy (non-hydrogen) atoms. The van der Waals surface area contributed by atoms with Crippen LogP contribution in [0.3, 0.4) is 0 Å². The fraction of sp³-hybridized carbons (Fsp3) is 0.600. The van der Waals surface area contributed by atoms with Gasteiger partial charge in [0.05, 0.1) is 0 Å². The third-order valence-electron chi connectivity index (χ3n) is 3.82. The fourth-order valence-electron chi connectivity index (χ4n) is 2.67. The Balaban J connectivity index is 2.28. The first-order chi connectivity index (χ1) is 8.59. The Labute approximate surface area is 114 Å². The minimum atomic E-state index is -0.803. The molecule has 1 aromatic rings. The van der Waals surface area contributed by atoms with E-state index in [9.17, 15) is 5.11 Å². The van der Waals surface area contributed by atoms with Gasteiger partial charge in [-0.2, -0.15) is 0 Å². The molecule has 2 unspecified atom stereocenters. The molecule has 0 saturated heterocycles. The summed E-state index contributed by atoms with van der Waals surface area (Å²) in [5, 5.41) is 14.2. The summed E-state index contributed by atoms with van der Waals surface area (Å²) < 4.78 is 0. The lowest BCUT2D eigenvalue weighted by molar-refractivity contribution is 0.0140. The maximum Gasteiger partial charge on any atom is 0.102 e. The minimum Gasteiger partial charge on any atom is -0.384 e. The zero-order valence-corrected chi connectivity index (χ0v) is 12.3. The van der Waals surface area contributed by atoms with E-state index in [2.05, 4.69) is 37.4 Å². The Morgan fingerprint density at radius 2 is 2.22 bits per heavy atom. The lowest BCUT2D eigenvalue weighted by atomic mass is 9.86. The molecular weight excluding hydrogens is 242 g/mol. The predicted molar refractivity (Wildman–Crippen MR) is 78.2 cm³/mol. The maximum absolute atomic E-state index is 10.8. The molecule has 2 nitrogen and oxygen atoms in total. The molecular formula is C15H23NOS. The molecule has 1 heterocycles. The van der Waals surface area contributed by atoms with Gasteiger partial charge in [0.1, 0.15) is 5.60 Å². The molecule has 3 heteroatoms. The number of thioether (sulfide) groups is 1. The van der Waals surface area contributed by atoms with E-state index in [0.717, 1.165) is 24.9 Å². The molecule has 100 valence electrons. The van der Waals surface area contributed by atoms with Crippen LogP contribution in [0.1, 0.15) is 38.3 Å². The van der Waals surface area contributed by atoms with Gasteiger partial charge in [-0.3, -0.25) is 0 Å². The van der Waals surface area contributed by atoms with Crippen molar-refractivity contribution in [3.05, 3.63) is 29.3 Å². The molecule has 0 aromatic heterocycles. The highest BCUT2D eigenvalue weighted by molar-refractivity contribution is 7.99. The van der Waals surface area contributed by atoms with Crippen LogP contribution in [-0.2, 0) is 12.0 Å². The molecule has 1 aliphatic rings. The van der Waals surface area contributed by atoms with E-state index in [-0.39, 0.29) is 6.04 Å². The lowest BCUT2D eigenvalue weighted by Gasteiger charge is -2.33. The summed E-state index contributed by atoms with van der Waals surface area (Å²) >= 11 is 1.90. The Morgan fingerprint density at radius 3 is 2.89 bits per heavy atom. The van der Waals surface area contributed by atoms with Crippen LogP contribution in [0.5, 0.6) is 0 Å². The number of aliphatic hydroxyl groups is 1. The molecule has 0 spiro atoms. The van der Waals surface area contributed by atoms with Crippen molar-refractivity contribution < 1.29 is 5.11 Å². The van der Waals surface area contributed by atoms with Crippen molar-refractivity contribution in [2.45, 2.75) is 50.2 Å². The van der Waals surface area contributed by atoms with E-state index in [0.29, 0.717) is 0 Å². The molecule has 0 radical (unpaired) electrons. The summed E-state index contributed by atoms with van der Waals surface area (Å²) in [6.07, 6.45) is 2.08. The second-order valence-corrected chi connectivity index (χ2v) is 6.22. The van der Waals surface area contributed by atoms with Crippen LogP contribution in [0, 0.1) is 0 Å². The summed E-state index contributed by atoms with van der Waals surface area (Å²) in [7, 11) is 0. The van der Waals surface area contributed by atoms with Gasteiger partial charge in [0.15, 0.2) is 0 Å². The van der Waals surface area contributed by atoms with Crippen LogP contribution < -0.4 is 5.32 Å². The third kappa shape index (κ3) is 2.58. The normalized spacial score (nSPS) is 19.3. The Bertz CT molecular complexity index is 417. The van der Waals surface area contributed by atoms with Crippen LogP contribution >= 0.6 is 11.8 Å². The Kier molecular flexibility index (Phi) is 4.36. The van der Waals surface area contributed by atoms with Gasteiger partial charge in [-0.25, -0.2) is 0 Å². The molecule has 0 amide bonds. The largest absolute Gasteiger partial charge is 0.384 e. The van der Waals surface area contributed by atoms with E-state index < -0.39 is 5.60 Å². The predicted octanol–water partition coefficient (Wildman–Crippen LogP) is 2.93. The number of benzene rings is 1. The molecule has 1 aliphatic heterocycles. The van der Waals surface area contributed by atoms with E-state index in [1.165, 1.54) is 16.2 Å². The van der Waals surface area contributed by atoms with E-state index in [1.807, 2.05) is 18.7 Å². The number of hydrogen-bond acceptors (Lipinski definition) is 3. The van der Waals surface area contributed by atoms with Crippen molar-refractivity contribution in [3.63, 3.8) is 0 Å². The number of aryl methyl sites for hydroxylation is 1. The average Bonchev–Trinajstić information content (AvgIpc) is 2.82. The molecule has 1 aromatic carbocycles. The molecule has 0 bridgehead atoms. The first-order valence-electron chi connectivity index (χ1n) is 6.81. The van der Waals surface area contributed by atoms with Crippen molar-refractivity contribution in [2.75, 3.05) is 12.3 Å². The van der Waals surface area contributed by atoms with Crippen molar-refractivity contribution in [3.8, 4) is 0 Å². The molecule has 0 fully saturated rings. The Morgan fingerprint density at radius 1 is 1.44 bits per heavy atom. The first kappa shape index (κ1) is 13.9. The summed E-state index contributed by atoms with van der Waals surface area (Å²) in [5.41, 5.74) is 1.66. The Hall–Kier alpha value is -0.510. The number of likely N-dealkylation sites (N-methyl/N-ethyl adjacent to an activating group) is 1. The van der Waals surface area contributed by atoms with Crippen LogP contribution in [-0.4, -0.2) is 23.4 Å². The monoisotopic (exact) mass is 265 g/mol. The second-order valence-electron chi connectivity index (χ2n) is 5.09. The van der Waals surface area contributed by atoms with Gasteiger partial charge in [-0.1, -0.05) is 26.0 Å². The molecule has 2 atom stereocenters. The van der Waals surface area contributed by atoms with Gasteiger partial charge in [-0.05, 0) is 43.5 Å². The highest BCUT2D eigenvalue weighted by atomic mass is 32.2. The van der Waals surface area contributed by atoms with Crippen LogP contribution in [0.2, 0.25) is 0 Å². The first-order valence-corrected chi connectivity index (χ1v) is 7.80. The zero-order chi connectivity index (χ0) is 13.2. The van der Waals surface area contributed by atoms with Crippen molar-refractivity contribution in [1.29, 1.82) is 0 Å². The minimum absolute atomic E-state index is 0.104. The lowest BCUT2D eigenvalue weighted by Crippen LogP contribution is -2.46. The van der Waals surface area contributed by atoms with Crippen LogP contribution in [0.25, 0.3) is 0 Å². The smallest absolute Gasteiger partial charge is 0.102 e. The van der Waals surface area contributed by atoms with Gasteiger partial charge in [0, 0.05) is 16.7 Å². The van der Waals surface area contributed by atoms with E-state index >= 15 is 0 Å². The molecule has 2 rings (SSSR count). The topological polar surface area (TPSA) is 32.3 Å². The molecule has 0 saturated carbocycles. The van der Waals surface area contributed by atoms with Crippen molar-refractivity contribution >= 4 is 11.8 Å². The average molecular weight is 265 g/mol. The number of nitrogens with one attached hydrogen (secondary N) is 1. The second kappa shape index (κ2) is 5.64. The highest BCUT2D eigenvalue weighted by Gasteiger charge is 2.32. The van der Waals surface area contributed by atoms with Gasteiger partial charge >= 0.3 is 0 Å². The quantitative estimate of drug-likeness (QED) is 0.858. The van der Waals surface area contributed by atoms with Gasteiger partial charge in [0.2, 0.25) is 0 Å². The van der Waals surface area contributed by atoms with E-state index in [1.54, 1.807) is 0 Å². The number of fused-ring (bicyclic) bond motifs is 1. The summed E-state index contributed by atoms with van der Waals surface area (Å²) in [6.45, 7) is 7.00. The van der Waals surface area contributed by atoms with Gasteiger partial charge in [-0.15, -0.1) is 11.8 Å². The summed E-state index contributed by atoms with van der Waals surface area (Å²) in [6, 6.07) is 6.54. The fourth-order valence-corrected chi connectivity index (χ4v) is 3.78. The number of rotatable bonds is 5. The van der Waals surface area contributed by atoms with Crippen molar-refractivity contribution in [2.24, 2.45) is 0 Å². The van der Waals surface area contributed by atoms with Gasteiger partial charge < -0.3 is 10.4 Å². The summed E-state index contributed by atoms with van der Waals surface area (Å²) in [5.74, 6) is 1.17. The molecule has 0 aliphatic carbocycles. The highest BCUT2D eigenvalue weighted by Crippen LogP contribution is 2.35. The van der Waals surface area contributed by atoms with Crippen LogP contribution in [0.4, 0.5) is 0 Å². The van der Waals surface area contributed by atoms with E-state index in [4.69, 9.17) is 0 Å². The standard InChI is InChI=1S/C15H23NOS/c1-4-14(16-5-2)15(3,17)12-7-6-11-8-9-18-13(11)10-12/h6-7,10,14,16-17H,4-5,8-9H2,1-3H3. The van der Waals surface area contributed by atoms with Crippen LogP contribution in [0.15, 0.2) is 23.1 Å². The number of hydrogen-bond donors (Lipinski definition) is 2. The van der Waals surface area contributed by atoms with Crippen molar-refractivity contribution in [1.82, 2.24) is 5.32 Å².